The molecule has 4 rings (SSSR count). The van der Waals surface area contributed by atoms with Crippen molar-refractivity contribution in [2.45, 2.75) is 13.5 Å². The summed E-state index contributed by atoms with van der Waals surface area (Å²) in [6.07, 6.45) is 1.78. The van der Waals surface area contributed by atoms with E-state index in [2.05, 4.69) is 15.9 Å². The molecule has 1 aliphatic heterocycles. The van der Waals surface area contributed by atoms with E-state index in [0.29, 0.717) is 62.8 Å². The number of halogens is 1. The van der Waals surface area contributed by atoms with Crippen molar-refractivity contribution in [2.24, 2.45) is 4.99 Å². The van der Waals surface area contributed by atoms with E-state index in [1.165, 1.54) is 23.9 Å². The number of hydrogen-bond donors (Lipinski definition) is 0. The van der Waals surface area contributed by atoms with Crippen LogP contribution in [0.4, 0.5) is 11.4 Å². The van der Waals surface area contributed by atoms with Crippen LogP contribution in [0.2, 0.25) is 0 Å². The normalized spacial score (nSPS) is 15.0. The lowest BCUT2D eigenvalue weighted by molar-refractivity contribution is -0.384. The highest BCUT2D eigenvalue weighted by molar-refractivity contribution is 9.10. The zero-order valence-corrected chi connectivity index (χ0v) is 25.1. The minimum absolute atomic E-state index is 0.00894. The van der Waals surface area contributed by atoms with Gasteiger partial charge in [-0.25, -0.2) is 4.99 Å². The van der Waals surface area contributed by atoms with Gasteiger partial charge in [0.25, 0.3) is 11.6 Å². The predicted octanol–water partition coefficient (Wildman–Crippen LogP) is 6.59. The van der Waals surface area contributed by atoms with Gasteiger partial charge in [-0.05, 0) is 88.2 Å². The summed E-state index contributed by atoms with van der Waals surface area (Å²) in [6, 6.07) is 17.1. The molecule has 0 saturated carbocycles. The minimum atomic E-state index is -0.445. The van der Waals surface area contributed by atoms with Crippen molar-refractivity contribution in [3.8, 4) is 17.2 Å². The zero-order valence-electron chi connectivity index (χ0n) is 22.7. The van der Waals surface area contributed by atoms with E-state index < -0.39 is 4.92 Å². The third kappa shape index (κ3) is 7.66. The minimum Gasteiger partial charge on any atom is -0.497 e. The van der Waals surface area contributed by atoms with Crippen LogP contribution in [0.1, 0.15) is 18.1 Å². The molecule has 1 saturated heterocycles. The first-order chi connectivity index (χ1) is 19.8. The fourth-order valence-corrected chi connectivity index (χ4v) is 5.48. The number of benzene rings is 3. The first-order valence-corrected chi connectivity index (χ1v) is 14.2. The molecule has 3 aromatic carbocycles. The van der Waals surface area contributed by atoms with E-state index in [0.717, 1.165) is 5.56 Å². The van der Waals surface area contributed by atoms with Crippen LogP contribution in [-0.2, 0) is 16.1 Å². The molecule has 3 aromatic rings. The van der Waals surface area contributed by atoms with Crippen LogP contribution in [0, 0.1) is 10.1 Å². The maximum Gasteiger partial charge on any atom is 0.269 e. The summed E-state index contributed by atoms with van der Waals surface area (Å²) in [5, 5.41) is 11.7. The van der Waals surface area contributed by atoms with Gasteiger partial charge in [0.05, 0.1) is 46.9 Å². The quantitative estimate of drug-likeness (QED) is 0.124. The van der Waals surface area contributed by atoms with Crippen LogP contribution in [0.25, 0.3) is 6.08 Å². The number of amides is 1. The molecule has 0 spiro atoms. The van der Waals surface area contributed by atoms with E-state index in [1.54, 1.807) is 43.4 Å². The first-order valence-electron chi connectivity index (χ1n) is 12.6. The number of ether oxygens (including phenoxy) is 4. The van der Waals surface area contributed by atoms with Gasteiger partial charge in [0, 0.05) is 19.2 Å². The van der Waals surface area contributed by atoms with E-state index in [9.17, 15) is 14.9 Å². The van der Waals surface area contributed by atoms with Gasteiger partial charge in [-0.2, -0.15) is 0 Å². The lowest BCUT2D eigenvalue weighted by Gasteiger charge is -2.15. The lowest BCUT2D eigenvalue weighted by Crippen LogP contribution is -2.32. The average Bonchev–Trinajstić information content (AvgIpc) is 3.25. The number of hydrogen-bond acceptors (Lipinski definition) is 9. The van der Waals surface area contributed by atoms with Gasteiger partial charge in [-0.1, -0.05) is 12.1 Å². The average molecular weight is 643 g/mol. The highest BCUT2D eigenvalue weighted by Crippen LogP contribution is 2.40. The largest absolute Gasteiger partial charge is 0.497 e. The number of aliphatic imine (C=N–C) groups is 1. The number of carbonyl (C=O) groups is 1. The van der Waals surface area contributed by atoms with Gasteiger partial charge in [-0.3, -0.25) is 19.8 Å². The third-order valence-corrected chi connectivity index (χ3v) is 7.43. The van der Waals surface area contributed by atoms with Crippen molar-refractivity contribution in [1.29, 1.82) is 0 Å². The molecule has 0 unspecified atom stereocenters. The second kappa shape index (κ2) is 14.2. The van der Waals surface area contributed by atoms with Crippen molar-refractivity contribution in [2.75, 3.05) is 34.0 Å². The van der Waals surface area contributed by atoms with E-state index in [4.69, 9.17) is 23.9 Å². The fraction of sp³-hybridized carbons (Fsp3) is 0.241. The van der Waals surface area contributed by atoms with Crippen molar-refractivity contribution < 1.29 is 28.7 Å². The molecular formula is C29H28BrN3O7S. The number of rotatable bonds is 12. The van der Waals surface area contributed by atoms with Crippen LogP contribution in [0.3, 0.4) is 0 Å². The van der Waals surface area contributed by atoms with Crippen LogP contribution in [-0.4, -0.2) is 54.9 Å². The van der Waals surface area contributed by atoms with Gasteiger partial charge in [0.2, 0.25) is 0 Å². The number of carbonyl (C=O) groups excluding carboxylic acids is 1. The molecule has 0 N–H and O–H groups in total. The molecule has 0 aromatic heterocycles. The molecule has 12 heteroatoms. The lowest BCUT2D eigenvalue weighted by atomic mass is 10.1. The molecule has 214 valence electrons. The Kier molecular flexibility index (Phi) is 10.4. The summed E-state index contributed by atoms with van der Waals surface area (Å²) in [4.78, 5) is 30.8. The smallest absolute Gasteiger partial charge is 0.269 e. The van der Waals surface area contributed by atoms with Gasteiger partial charge < -0.3 is 18.9 Å². The number of nitro benzene ring substituents is 1. The monoisotopic (exact) mass is 641 g/mol. The Bertz CT molecular complexity index is 1480. The Morgan fingerprint density at radius 3 is 2.56 bits per heavy atom. The van der Waals surface area contributed by atoms with E-state index in [-0.39, 0.29) is 18.2 Å². The molecule has 0 bridgehead atoms. The highest BCUT2D eigenvalue weighted by Gasteiger charge is 2.33. The van der Waals surface area contributed by atoms with Crippen LogP contribution < -0.4 is 14.2 Å². The summed E-state index contributed by atoms with van der Waals surface area (Å²) in [6.45, 7) is 3.06. The zero-order chi connectivity index (χ0) is 29.4. The Morgan fingerprint density at radius 2 is 1.88 bits per heavy atom. The van der Waals surface area contributed by atoms with E-state index in [1.807, 2.05) is 37.3 Å². The molecular weight excluding hydrogens is 614 g/mol. The van der Waals surface area contributed by atoms with Gasteiger partial charge >= 0.3 is 0 Å². The van der Waals surface area contributed by atoms with Crippen molar-refractivity contribution in [3.05, 3.63) is 91.3 Å². The summed E-state index contributed by atoms with van der Waals surface area (Å²) < 4.78 is 22.9. The molecule has 0 aliphatic carbocycles. The molecule has 41 heavy (non-hydrogen) atoms. The Hall–Kier alpha value is -3.87. The Morgan fingerprint density at radius 1 is 1.10 bits per heavy atom. The molecule has 1 aliphatic rings. The number of nitro groups is 1. The summed E-state index contributed by atoms with van der Waals surface area (Å²) in [5.74, 6) is 1.46. The maximum atomic E-state index is 13.4. The SMILES string of the molecule is CCOc1cc(/C=C2\SC(=Nc3ccc(OC)cc3)N(CCOC)C2=O)cc(Br)c1OCc1cccc([N+](=O)[O-])c1. The first kappa shape index (κ1) is 30.1. The second-order valence-corrected chi connectivity index (χ2v) is 10.5. The van der Waals surface area contributed by atoms with Crippen LogP contribution in [0.5, 0.6) is 17.2 Å². The van der Waals surface area contributed by atoms with Crippen molar-refractivity contribution in [1.82, 2.24) is 4.90 Å². The number of amidine groups is 1. The van der Waals surface area contributed by atoms with E-state index >= 15 is 0 Å². The summed E-state index contributed by atoms with van der Waals surface area (Å²) in [7, 11) is 3.18. The summed E-state index contributed by atoms with van der Waals surface area (Å²) >= 11 is 4.84. The number of methoxy groups -OCH3 is 2. The van der Waals surface area contributed by atoms with Gasteiger partial charge in [0.1, 0.15) is 12.4 Å². The molecule has 1 amide bonds. The third-order valence-electron chi connectivity index (χ3n) is 5.84. The predicted molar refractivity (Wildman–Crippen MR) is 162 cm³/mol. The number of nitrogens with zero attached hydrogens (tertiary/aromatic N) is 3. The molecule has 0 radical (unpaired) electrons. The molecule has 0 atom stereocenters. The van der Waals surface area contributed by atoms with Crippen LogP contribution in [0.15, 0.2) is 75.0 Å². The van der Waals surface area contributed by atoms with Crippen LogP contribution >= 0.6 is 27.7 Å². The van der Waals surface area contributed by atoms with Gasteiger partial charge in [0.15, 0.2) is 16.7 Å². The molecule has 10 nitrogen and oxygen atoms in total. The van der Waals surface area contributed by atoms with Crippen molar-refractivity contribution >= 4 is 56.2 Å². The summed E-state index contributed by atoms with van der Waals surface area (Å²) in [5.41, 5.74) is 2.05. The van der Waals surface area contributed by atoms with Crippen molar-refractivity contribution in [3.63, 3.8) is 0 Å². The highest BCUT2D eigenvalue weighted by atomic mass is 79.9. The number of thioether (sulfide) groups is 1. The molecule has 1 fully saturated rings. The Labute approximate surface area is 250 Å². The second-order valence-electron chi connectivity index (χ2n) is 8.63. The van der Waals surface area contributed by atoms with Gasteiger partial charge in [-0.15, -0.1) is 0 Å². The topological polar surface area (TPSA) is 113 Å². The maximum absolute atomic E-state index is 13.4. The fourth-order valence-electron chi connectivity index (χ4n) is 3.88. The molecule has 1 heterocycles. The Balaban J connectivity index is 1.61. The standard InChI is InChI=1S/C29H28BrN3O7S/c1-4-39-25-16-20(15-24(30)27(25)40-18-19-6-5-7-22(14-19)33(35)36)17-26-28(34)32(12-13-37-2)29(41-26)31-21-8-10-23(38-3)11-9-21/h5-11,14-17H,4,12-13,18H2,1-3H3/b26-17-,31-29?. The number of non-ortho nitro benzene ring substituents is 1.